The SMILES string of the molecule is CC(C)(C(=O)N1CC[C@@H](Cc2cccc(C(N)=O)c2)C1)c1ccccc1. The Morgan fingerprint density at radius 1 is 1.12 bits per heavy atom. The van der Waals surface area contributed by atoms with Crippen LogP contribution in [0.3, 0.4) is 0 Å². The van der Waals surface area contributed by atoms with E-state index < -0.39 is 11.3 Å². The van der Waals surface area contributed by atoms with Gasteiger partial charge in [0.2, 0.25) is 11.8 Å². The molecule has 0 unspecified atom stereocenters. The van der Waals surface area contributed by atoms with Gasteiger partial charge in [0.05, 0.1) is 5.41 Å². The highest BCUT2D eigenvalue weighted by molar-refractivity contribution is 5.92. The van der Waals surface area contributed by atoms with Crippen molar-refractivity contribution in [2.45, 2.75) is 32.1 Å². The van der Waals surface area contributed by atoms with Crippen molar-refractivity contribution in [3.8, 4) is 0 Å². The molecule has 1 aliphatic heterocycles. The maximum absolute atomic E-state index is 13.1. The summed E-state index contributed by atoms with van der Waals surface area (Å²) in [5.74, 6) is 0.186. The van der Waals surface area contributed by atoms with E-state index in [1.165, 1.54) is 0 Å². The molecule has 4 heteroatoms. The molecule has 0 saturated carbocycles. The molecule has 2 aromatic carbocycles. The van der Waals surface area contributed by atoms with Gasteiger partial charge in [-0.3, -0.25) is 9.59 Å². The molecule has 4 nitrogen and oxygen atoms in total. The van der Waals surface area contributed by atoms with Crippen LogP contribution in [0, 0.1) is 5.92 Å². The van der Waals surface area contributed by atoms with Crippen molar-refractivity contribution in [1.29, 1.82) is 0 Å². The Hall–Kier alpha value is -2.62. The Labute approximate surface area is 155 Å². The number of amides is 2. The van der Waals surface area contributed by atoms with Crippen molar-refractivity contribution in [2.24, 2.45) is 11.7 Å². The largest absolute Gasteiger partial charge is 0.366 e. The lowest BCUT2D eigenvalue weighted by Gasteiger charge is -2.30. The summed E-state index contributed by atoms with van der Waals surface area (Å²) < 4.78 is 0. The van der Waals surface area contributed by atoms with Gasteiger partial charge in [-0.1, -0.05) is 42.5 Å². The van der Waals surface area contributed by atoms with Crippen LogP contribution in [0.4, 0.5) is 0 Å². The van der Waals surface area contributed by atoms with E-state index in [1.54, 1.807) is 6.07 Å². The van der Waals surface area contributed by atoms with Gasteiger partial charge < -0.3 is 10.6 Å². The summed E-state index contributed by atoms with van der Waals surface area (Å²) in [4.78, 5) is 26.4. The third-order valence-electron chi connectivity index (χ3n) is 5.34. The molecular weight excluding hydrogens is 324 g/mol. The quantitative estimate of drug-likeness (QED) is 0.900. The summed E-state index contributed by atoms with van der Waals surface area (Å²) >= 11 is 0. The van der Waals surface area contributed by atoms with Crippen LogP contribution in [-0.4, -0.2) is 29.8 Å². The first-order valence-corrected chi connectivity index (χ1v) is 9.11. The van der Waals surface area contributed by atoms with E-state index in [9.17, 15) is 9.59 Å². The summed E-state index contributed by atoms with van der Waals surface area (Å²) in [5.41, 5.74) is 7.52. The lowest BCUT2D eigenvalue weighted by atomic mass is 9.83. The molecule has 0 aliphatic carbocycles. The number of carbonyl (C=O) groups excluding carboxylic acids is 2. The fourth-order valence-corrected chi connectivity index (χ4v) is 3.74. The highest BCUT2D eigenvalue weighted by Crippen LogP contribution is 2.29. The number of likely N-dealkylation sites (tertiary alicyclic amines) is 1. The first kappa shape index (κ1) is 18.2. The number of nitrogens with zero attached hydrogens (tertiary/aromatic N) is 1. The second-order valence-corrected chi connectivity index (χ2v) is 7.67. The Kier molecular flexibility index (Phi) is 5.12. The van der Waals surface area contributed by atoms with E-state index >= 15 is 0 Å². The molecular formula is C22H26N2O2. The van der Waals surface area contributed by atoms with Crippen LogP contribution in [0.15, 0.2) is 54.6 Å². The van der Waals surface area contributed by atoms with Gasteiger partial charge in [-0.2, -0.15) is 0 Å². The molecule has 3 rings (SSSR count). The fraction of sp³-hybridized carbons (Fsp3) is 0.364. The minimum Gasteiger partial charge on any atom is -0.366 e. The highest BCUT2D eigenvalue weighted by Gasteiger charge is 2.36. The fourth-order valence-electron chi connectivity index (χ4n) is 3.74. The summed E-state index contributed by atoms with van der Waals surface area (Å²) in [5, 5.41) is 0. The van der Waals surface area contributed by atoms with Gasteiger partial charge in [-0.05, 0) is 55.9 Å². The number of benzene rings is 2. The number of nitrogens with two attached hydrogens (primary N) is 1. The second-order valence-electron chi connectivity index (χ2n) is 7.67. The third kappa shape index (κ3) is 3.79. The van der Waals surface area contributed by atoms with Crippen LogP contribution in [0.1, 0.15) is 41.8 Å². The number of hydrogen-bond donors (Lipinski definition) is 1. The average Bonchev–Trinajstić information content (AvgIpc) is 3.10. The Bertz CT molecular complexity index is 799. The molecule has 1 fully saturated rings. The Balaban J connectivity index is 1.66. The zero-order valence-electron chi connectivity index (χ0n) is 15.4. The maximum atomic E-state index is 13.1. The van der Waals surface area contributed by atoms with Gasteiger partial charge in [0.15, 0.2) is 0 Å². The van der Waals surface area contributed by atoms with Gasteiger partial charge >= 0.3 is 0 Å². The predicted octanol–water partition coefficient (Wildman–Crippen LogP) is 3.15. The van der Waals surface area contributed by atoms with E-state index in [1.807, 2.05) is 67.3 Å². The molecule has 2 N–H and O–H groups in total. The van der Waals surface area contributed by atoms with E-state index in [4.69, 9.17) is 5.73 Å². The number of primary amides is 1. The maximum Gasteiger partial charge on any atom is 0.248 e. The summed E-state index contributed by atoms with van der Waals surface area (Å²) in [6.45, 7) is 5.54. The topological polar surface area (TPSA) is 63.4 Å². The van der Waals surface area contributed by atoms with E-state index in [2.05, 4.69) is 0 Å². The number of hydrogen-bond acceptors (Lipinski definition) is 2. The van der Waals surface area contributed by atoms with Crippen LogP contribution in [0.25, 0.3) is 0 Å². The summed E-state index contributed by atoms with van der Waals surface area (Å²) in [6, 6.07) is 17.4. The Morgan fingerprint density at radius 3 is 2.54 bits per heavy atom. The molecule has 0 spiro atoms. The van der Waals surface area contributed by atoms with Crippen molar-refractivity contribution in [2.75, 3.05) is 13.1 Å². The number of rotatable bonds is 5. The van der Waals surface area contributed by atoms with Gasteiger partial charge in [0.25, 0.3) is 0 Å². The van der Waals surface area contributed by atoms with E-state index in [0.717, 1.165) is 37.1 Å². The smallest absolute Gasteiger partial charge is 0.248 e. The van der Waals surface area contributed by atoms with Crippen LogP contribution in [0.5, 0.6) is 0 Å². The molecule has 1 atom stereocenters. The van der Waals surface area contributed by atoms with Crippen molar-refractivity contribution in [3.63, 3.8) is 0 Å². The van der Waals surface area contributed by atoms with Crippen molar-refractivity contribution in [1.82, 2.24) is 4.90 Å². The summed E-state index contributed by atoms with van der Waals surface area (Å²) in [6.07, 6.45) is 1.84. The minimum absolute atomic E-state index is 0.178. The van der Waals surface area contributed by atoms with Gasteiger partial charge in [0.1, 0.15) is 0 Å². The van der Waals surface area contributed by atoms with Crippen LogP contribution < -0.4 is 5.73 Å². The lowest BCUT2D eigenvalue weighted by molar-refractivity contribution is -0.135. The first-order valence-electron chi connectivity index (χ1n) is 9.11. The zero-order chi connectivity index (χ0) is 18.7. The lowest BCUT2D eigenvalue weighted by Crippen LogP contribution is -2.42. The van der Waals surface area contributed by atoms with Crippen LogP contribution in [-0.2, 0) is 16.6 Å². The van der Waals surface area contributed by atoms with E-state index in [-0.39, 0.29) is 5.91 Å². The molecule has 1 heterocycles. The van der Waals surface area contributed by atoms with Gasteiger partial charge in [-0.25, -0.2) is 0 Å². The highest BCUT2D eigenvalue weighted by atomic mass is 16.2. The molecule has 0 radical (unpaired) electrons. The second kappa shape index (κ2) is 7.32. The first-order chi connectivity index (χ1) is 12.4. The van der Waals surface area contributed by atoms with Crippen molar-refractivity contribution in [3.05, 3.63) is 71.3 Å². The molecule has 1 saturated heterocycles. The zero-order valence-corrected chi connectivity index (χ0v) is 15.4. The van der Waals surface area contributed by atoms with Crippen molar-refractivity contribution < 1.29 is 9.59 Å². The molecule has 0 bridgehead atoms. The van der Waals surface area contributed by atoms with Crippen LogP contribution >= 0.6 is 0 Å². The van der Waals surface area contributed by atoms with E-state index in [0.29, 0.717) is 11.5 Å². The standard InChI is InChI=1S/C22H26N2O2/c1-22(2,19-9-4-3-5-10-19)21(26)24-12-11-17(15-24)13-16-7-6-8-18(14-16)20(23)25/h3-10,14,17H,11-13,15H2,1-2H3,(H2,23,25)/t17-/m0/s1. The third-order valence-corrected chi connectivity index (χ3v) is 5.34. The number of carbonyl (C=O) groups is 2. The average molecular weight is 350 g/mol. The Morgan fingerprint density at radius 2 is 1.85 bits per heavy atom. The molecule has 136 valence electrons. The van der Waals surface area contributed by atoms with Crippen LogP contribution in [0.2, 0.25) is 0 Å². The minimum atomic E-state index is -0.526. The van der Waals surface area contributed by atoms with Gasteiger partial charge in [0, 0.05) is 18.7 Å². The molecule has 2 amide bonds. The molecule has 0 aromatic heterocycles. The molecule has 1 aliphatic rings. The van der Waals surface area contributed by atoms with Crippen molar-refractivity contribution >= 4 is 11.8 Å². The molecule has 26 heavy (non-hydrogen) atoms. The molecule has 2 aromatic rings. The normalized spacial score (nSPS) is 17.3. The predicted molar refractivity (Wildman–Crippen MR) is 103 cm³/mol. The summed E-state index contributed by atoms with van der Waals surface area (Å²) in [7, 11) is 0. The monoisotopic (exact) mass is 350 g/mol. The van der Waals surface area contributed by atoms with Gasteiger partial charge in [-0.15, -0.1) is 0 Å².